The second-order valence-corrected chi connectivity index (χ2v) is 5.34. The van der Waals surface area contributed by atoms with E-state index in [0.29, 0.717) is 22.8 Å². The van der Waals surface area contributed by atoms with Crippen LogP contribution in [0, 0.1) is 0 Å². The van der Waals surface area contributed by atoms with Crippen LogP contribution in [-0.2, 0) is 7.05 Å². The van der Waals surface area contributed by atoms with Crippen molar-refractivity contribution in [3.05, 3.63) is 36.2 Å². The summed E-state index contributed by atoms with van der Waals surface area (Å²) in [5, 5.41) is 21.7. The summed E-state index contributed by atoms with van der Waals surface area (Å²) in [7, 11) is 4.80. The van der Waals surface area contributed by atoms with Crippen LogP contribution in [0.25, 0.3) is 11.3 Å². The van der Waals surface area contributed by atoms with E-state index in [1.807, 2.05) is 18.2 Å². The maximum Gasteiger partial charge on any atom is 0.273 e. The molecule has 4 N–H and O–H groups in total. The SMILES string of the molecule is CNC(=O)c1nnc(N)cc1Nc1cccc(-c2cnn(C)n2)c1OC. The number of carbonyl (C=O) groups is 1. The topological polar surface area (TPSA) is 133 Å². The van der Waals surface area contributed by atoms with Gasteiger partial charge in [-0.05, 0) is 12.1 Å². The summed E-state index contributed by atoms with van der Waals surface area (Å²) in [6.45, 7) is 0. The first-order valence-corrected chi connectivity index (χ1v) is 7.69. The van der Waals surface area contributed by atoms with Crippen LogP contribution >= 0.6 is 0 Å². The lowest BCUT2D eigenvalue weighted by atomic mass is 10.1. The van der Waals surface area contributed by atoms with Gasteiger partial charge in [-0.1, -0.05) is 6.07 Å². The molecular weight excluding hydrogens is 336 g/mol. The molecule has 0 fully saturated rings. The van der Waals surface area contributed by atoms with E-state index >= 15 is 0 Å². The molecule has 0 aliphatic rings. The van der Waals surface area contributed by atoms with Crippen LogP contribution in [0.3, 0.4) is 0 Å². The van der Waals surface area contributed by atoms with Crippen molar-refractivity contribution in [1.29, 1.82) is 0 Å². The molecular formula is C16H18N8O2. The van der Waals surface area contributed by atoms with Crippen molar-refractivity contribution in [1.82, 2.24) is 30.5 Å². The fraction of sp³-hybridized carbons (Fsp3) is 0.188. The number of para-hydroxylation sites is 1. The molecule has 1 amide bonds. The molecule has 10 nitrogen and oxygen atoms in total. The third kappa shape index (κ3) is 3.24. The molecule has 134 valence electrons. The molecule has 3 aromatic rings. The summed E-state index contributed by atoms with van der Waals surface area (Å²) < 4.78 is 5.56. The molecule has 0 radical (unpaired) electrons. The van der Waals surface area contributed by atoms with Crippen molar-refractivity contribution in [2.45, 2.75) is 0 Å². The largest absolute Gasteiger partial charge is 0.494 e. The van der Waals surface area contributed by atoms with E-state index in [1.165, 1.54) is 17.9 Å². The number of rotatable bonds is 5. The third-order valence-corrected chi connectivity index (χ3v) is 3.62. The monoisotopic (exact) mass is 354 g/mol. The average molecular weight is 354 g/mol. The molecule has 10 heteroatoms. The number of nitrogens with one attached hydrogen (secondary N) is 2. The van der Waals surface area contributed by atoms with E-state index in [0.717, 1.165) is 5.56 Å². The van der Waals surface area contributed by atoms with Crippen molar-refractivity contribution in [3.8, 4) is 17.0 Å². The van der Waals surface area contributed by atoms with Crippen molar-refractivity contribution in [2.75, 3.05) is 25.2 Å². The molecule has 0 unspecified atom stereocenters. The number of ether oxygens (including phenoxy) is 1. The van der Waals surface area contributed by atoms with Crippen molar-refractivity contribution in [2.24, 2.45) is 7.05 Å². The highest BCUT2D eigenvalue weighted by molar-refractivity contribution is 5.98. The van der Waals surface area contributed by atoms with Crippen LogP contribution in [0.5, 0.6) is 5.75 Å². The highest BCUT2D eigenvalue weighted by atomic mass is 16.5. The van der Waals surface area contributed by atoms with Crippen LogP contribution in [0.1, 0.15) is 10.5 Å². The Labute approximate surface area is 149 Å². The number of methoxy groups -OCH3 is 1. The molecule has 0 aliphatic carbocycles. The fourth-order valence-electron chi connectivity index (χ4n) is 2.46. The number of anilines is 3. The number of carbonyl (C=O) groups excluding carboxylic acids is 1. The summed E-state index contributed by atoms with van der Waals surface area (Å²) in [6, 6.07) is 7.05. The van der Waals surface area contributed by atoms with Crippen molar-refractivity contribution >= 4 is 23.1 Å². The lowest BCUT2D eigenvalue weighted by Gasteiger charge is -2.15. The second kappa shape index (κ2) is 7.05. The van der Waals surface area contributed by atoms with Crippen molar-refractivity contribution in [3.63, 3.8) is 0 Å². The van der Waals surface area contributed by atoms with Crippen LogP contribution in [-0.4, -0.2) is 45.3 Å². The van der Waals surface area contributed by atoms with Crippen LogP contribution in [0.2, 0.25) is 0 Å². The van der Waals surface area contributed by atoms with Crippen LogP contribution in [0.15, 0.2) is 30.5 Å². The van der Waals surface area contributed by atoms with E-state index in [-0.39, 0.29) is 17.4 Å². The number of aryl methyl sites for hydroxylation is 1. The molecule has 3 rings (SSSR count). The summed E-state index contributed by atoms with van der Waals surface area (Å²) in [5.74, 6) is 0.347. The number of hydrogen-bond donors (Lipinski definition) is 3. The number of benzene rings is 1. The number of hydrogen-bond acceptors (Lipinski definition) is 8. The highest BCUT2D eigenvalue weighted by Crippen LogP contribution is 2.37. The van der Waals surface area contributed by atoms with Gasteiger partial charge in [0, 0.05) is 25.7 Å². The Bertz CT molecular complexity index is 953. The lowest BCUT2D eigenvalue weighted by Crippen LogP contribution is -2.21. The van der Waals surface area contributed by atoms with E-state index < -0.39 is 0 Å². The zero-order chi connectivity index (χ0) is 18.7. The average Bonchev–Trinajstić information content (AvgIpc) is 3.07. The predicted octanol–water partition coefficient (Wildman–Crippen LogP) is 0.966. The first-order chi connectivity index (χ1) is 12.5. The summed E-state index contributed by atoms with van der Waals surface area (Å²) in [5.41, 5.74) is 8.28. The Morgan fingerprint density at radius 1 is 1.27 bits per heavy atom. The number of nitrogens with zero attached hydrogens (tertiary/aromatic N) is 5. The van der Waals surface area contributed by atoms with Crippen LogP contribution < -0.4 is 21.1 Å². The lowest BCUT2D eigenvalue weighted by molar-refractivity contribution is 0.0958. The minimum Gasteiger partial charge on any atom is -0.494 e. The van der Waals surface area contributed by atoms with Crippen molar-refractivity contribution < 1.29 is 9.53 Å². The highest BCUT2D eigenvalue weighted by Gasteiger charge is 2.18. The standard InChI is InChI=1S/C16H18N8O2/c1-18-16(25)14-11(7-13(17)21-22-14)20-10-6-4-5-9(15(10)26-3)12-8-19-24(2)23-12/h4-8H,1-3H3,(H,18,25)(H3,17,20,21). The van der Waals surface area contributed by atoms with Gasteiger partial charge in [0.15, 0.2) is 11.4 Å². The number of amides is 1. The molecule has 1 aromatic carbocycles. The van der Waals surface area contributed by atoms with Gasteiger partial charge in [0.25, 0.3) is 5.91 Å². The maximum absolute atomic E-state index is 12.0. The van der Waals surface area contributed by atoms with Gasteiger partial charge < -0.3 is 21.1 Å². The zero-order valence-corrected chi connectivity index (χ0v) is 14.5. The molecule has 0 saturated heterocycles. The predicted molar refractivity (Wildman–Crippen MR) is 96.1 cm³/mol. The van der Waals surface area contributed by atoms with Gasteiger partial charge in [-0.15, -0.1) is 10.2 Å². The van der Waals surface area contributed by atoms with E-state index in [9.17, 15) is 4.79 Å². The maximum atomic E-state index is 12.0. The number of nitrogen functional groups attached to an aromatic ring is 1. The number of aromatic nitrogens is 5. The Morgan fingerprint density at radius 2 is 2.08 bits per heavy atom. The molecule has 0 spiro atoms. The molecule has 0 aliphatic heterocycles. The van der Waals surface area contributed by atoms with E-state index in [1.54, 1.807) is 20.4 Å². The second-order valence-electron chi connectivity index (χ2n) is 5.34. The first kappa shape index (κ1) is 17.1. The molecule has 0 bridgehead atoms. The summed E-state index contributed by atoms with van der Waals surface area (Å²) in [4.78, 5) is 13.5. The molecule has 2 aromatic heterocycles. The zero-order valence-electron chi connectivity index (χ0n) is 14.5. The van der Waals surface area contributed by atoms with E-state index in [4.69, 9.17) is 10.5 Å². The molecule has 2 heterocycles. The number of nitrogens with two attached hydrogens (primary N) is 1. The van der Waals surface area contributed by atoms with Crippen LogP contribution in [0.4, 0.5) is 17.2 Å². The van der Waals surface area contributed by atoms with Gasteiger partial charge in [0.05, 0.1) is 24.7 Å². The van der Waals surface area contributed by atoms with Gasteiger partial charge in [0.1, 0.15) is 11.5 Å². The summed E-state index contributed by atoms with van der Waals surface area (Å²) >= 11 is 0. The Hall–Kier alpha value is -3.69. The fourth-order valence-corrected chi connectivity index (χ4v) is 2.46. The first-order valence-electron chi connectivity index (χ1n) is 7.69. The Kier molecular flexibility index (Phi) is 4.65. The van der Waals surface area contributed by atoms with E-state index in [2.05, 4.69) is 31.0 Å². The van der Waals surface area contributed by atoms with Gasteiger partial charge in [-0.2, -0.15) is 15.0 Å². The van der Waals surface area contributed by atoms with Gasteiger partial charge in [-0.3, -0.25) is 4.79 Å². The third-order valence-electron chi connectivity index (χ3n) is 3.62. The van der Waals surface area contributed by atoms with Gasteiger partial charge >= 0.3 is 0 Å². The minimum absolute atomic E-state index is 0.119. The summed E-state index contributed by atoms with van der Waals surface area (Å²) in [6.07, 6.45) is 1.64. The smallest absolute Gasteiger partial charge is 0.273 e. The molecule has 0 saturated carbocycles. The minimum atomic E-state index is -0.385. The normalized spacial score (nSPS) is 10.4. The van der Waals surface area contributed by atoms with Gasteiger partial charge in [0.2, 0.25) is 0 Å². The quantitative estimate of drug-likeness (QED) is 0.617. The Morgan fingerprint density at radius 3 is 2.73 bits per heavy atom. The van der Waals surface area contributed by atoms with Gasteiger partial charge in [-0.25, -0.2) is 0 Å². The molecule has 26 heavy (non-hydrogen) atoms. The molecule has 0 atom stereocenters. The Balaban J connectivity index is 2.06.